The lowest BCUT2D eigenvalue weighted by atomic mass is 10.2. The molecule has 0 fully saturated rings. The van der Waals surface area contributed by atoms with Gasteiger partial charge in [0.05, 0.1) is 0 Å². The molecule has 5 heteroatoms. The Bertz CT molecular complexity index is 417. The zero-order valence-electron chi connectivity index (χ0n) is 7.82. The molecule has 0 aliphatic carbocycles. The van der Waals surface area contributed by atoms with Gasteiger partial charge < -0.3 is 5.32 Å². The summed E-state index contributed by atoms with van der Waals surface area (Å²) in [5.41, 5.74) is 1.97. The zero-order valence-corrected chi connectivity index (χ0v) is 8.64. The van der Waals surface area contributed by atoms with E-state index in [9.17, 15) is 8.42 Å². The molecule has 0 radical (unpaired) electrons. The van der Waals surface area contributed by atoms with Crippen LogP contribution in [-0.4, -0.2) is 20.8 Å². The van der Waals surface area contributed by atoms with Crippen molar-refractivity contribution in [3.8, 4) is 0 Å². The molecule has 0 bridgehead atoms. The van der Waals surface area contributed by atoms with Gasteiger partial charge in [-0.2, -0.15) is 0 Å². The quantitative estimate of drug-likeness (QED) is 0.752. The fourth-order valence-electron chi connectivity index (χ4n) is 1.59. The van der Waals surface area contributed by atoms with Gasteiger partial charge >= 0.3 is 0 Å². The Morgan fingerprint density at radius 2 is 2.14 bits per heavy atom. The summed E-state index contributed by atoms with van der Waals surface area (Å²) in [6.07, 6.45) is 0.527. The summed E-state index contributed by atoms with van der Waals surface area (Å²) in [6, 6.07) is 7.63. The van der Waals surface area contributed by atoms with Crippen molar-refractivity contribution in [3.63, 3.8) is 0 Å². The van der Waals surface area contributed by atoms with E-state index in [0.717, 1.165) is 11.3 Å². The highest BCUT2D eigenvalue weighted by Gasteiger charge is 2.30. The number of sulfonamides is 1. The second-order valence-electron chi connectivity index (χ2n) is 3.24. The maximum atomic E-state index is 11.5. The second kappa shape index (κ2) is 3.25. The normalized spacial score (nSPS) is 20.2. The number of fused-ring (bicyclic) bond motifs is 1. The van der Waals surface area contributed by atoms with E-state index < -0.39 is 15.4 Å². The highest BCUT2D eigenvalue weighted by Crippen LogP contribution is 2.26. The summed E-state index contributed by atoms with van der Waals surface area (Å²) in [4.78, 5) is 0. The summed E-state index contributed by atoms with van der Waals surface area (Å²) in [5, 5.41) is 2.44. The van der Waals surface area contributed by atoms with E-state index in [0.29, 0.717) is 6.42 Å². The lowest BCUT2D eigenvalue weighted by Crippen LogP contribution is -2.35. The molecular weight excluding hydrogens is 200 g/mol. The molecular formula is C9H12N2O2S. The molecule has 0 spiro atoms. The largest absolute Gasteiger partial charge is 0.367 e. The highest BCUT2D eigenvalue weighted by atomic mass is 32.2. The van der Waals surface area contributed by atoms with Crippen LogP contribution in [0.25, 0.3) is 0 Å². The van der Waals surface area contributed by atoms with E-state index in [1.54, 1.807) is 0 Å². The van der Waals surface area contributed by atoms with Gasteiger partial charge in [0.1, 0.15) is 5.37 Å². The average molecular weight is 212 g/mol. The fraction of sp³-hybridized carbons (Fsp3) is 0.333. The van der Waals surface area contributed by atoms with Gasteiger partial charge in [0.2, 0.25) is 10.0 Å². The van der Waals surface area contributed by atoms with Crippen molar-refractivity contribution in [2.75, 3.05) is 12.4 Å². The van der Waals surface area contributed by atoms with Crippen LogP contribution in [0.2, 0.25) is 0 Å². The molecule has 14 heavy (non-hydrogen) atoms. The van der Waals surface area contributed by atoms with Crippen molar-refractivity contribution in [3.05, 3.63) is 29.8 Å². The SMILES string of the molecule is CNS(=O)(=O)C1Cc2ccccc2N1. The van der Waals surface area contributed by atoms with Crippen molar-refractivity contribution in [2.24, 2.45) is 0 Å². The van der Waals surface area contributed by atoms with Crippen molar-refractivity contribution >= 4 is 15.7 Å². The number of hydrogen-bond donors (Lipinski definition) is 2. The average Bonchev–Trinajstić information content (AvgIpc) is 2.61. The van der Waals surface area contributed by atoms with Crippen LogP contribution < -0.4 is 10.0 Å². The van der Waals surface area contributed by atoms with E-state index in [-0.39, 0.29) is 0 Å². The third kappa shape index (κ3) is 1.49. The van der Waals surface area contributed by atoms with Crippen LogP contribution >= 0.6 is 0 Å². The van der Waals surface area contributed by atoms with E-state index in [2.05, 4.69) is 10.0 Å². The Kier molecular flexibility index (Phi) is 2.20. The third-order valence-electron chi connectivity index (χ3n) is 2.40. The standard InChI is InChI=1S/C9H12N2O2S/c1-10-14(12,13)9-6-7-4-2-3-5-8(7)11-9/h2-5,9-11H,6H2,1H3. The Morgan fingerprint density at radius 1 is 1.43 bits per heavy atom. The minimum atomic E-state index is -3.23. The predicted octanol–water partition coefficient (Wildman–Crippen LogP) is 0.530. The molecule has 1 aliphatic rings. The minimum absolute atomic E-state index is 0.527. The Hall–Kier alpha value is -1.07. The lowest BCUT2D eigenvalue weighted by Gasteiger charge is -2.10. The Labute approximate surface area is 83.4 Å². The van der Waals surface area contributed by atoms with Crippen LogP contribution in [0.3, 0.4) is 0 Å². The first-order valence-corrected chi connectivity index (χ1v) is 5.95. The van der Waals surface area contributed by atoms with Crippen molar-refractivity contribution in [1.82, 2.24) is 4.72 Å². The summed E-state index contributed by atoms with van der Waals surface area (Å²) >= 11 is 0. The number of para-hydroxylation sites is 1. The predicted molar refractivity (Wildman–Crippen MR) is 55.5 cm³/mol. The lowest BCUT2D eigenvalue weighted by molar-refractivity contribution is 0.578. The van der Waals surface area contributed by atoms with Crippen LogP contribution in [0.5, 0.6) is 0 Å². The number of rotatable bonds is 2. The Balaban J connectivity index is 2.28. The van der Waals surface area contributed by atoms with Gasteiger partial charge in [0, 0.05) is 12.1 Å². The van der Waals surface area contributed by atoms with Gasteiger partial charge in [-0.15, -0.1) is 0 Å². The molecule has 76 valence electrons. The minimum Gasteiger partial charge on any atom is -0.367 e. The van der Waals surface area contributed by atoms with Gasteiger partial charge in [-0.3, -0.25) is 0 Å². The first kappa shape index (κ1) is 9.48. The number of benzene rings is 1. The van der Waals surface area contributed by atoms with Gasteiger partial charge in [-0.1, -0.05) is 18.2 Å². The molecule has 1 aromatic rings. The van der Waals surface area contributed by atoms with Crippen LogP contribution in [0.15, 0.2) is 24.3 Å². The molecule has 1 aromatic carbocycles. The van der Waals surface area contributed by atoms with Crippen LogP contribution in [0, 0.1) is 0 Å². The first-order valence-electron chi connectivity index (χ1n) is 4.40. The summed E-state index contributed by atoms with van der Waals surface area (Å²) < 4.78 is 25.3. The highest BCUT2D eigenvalue weighted by molar-refractivity contribution is 7.90. The smallest absolute Gasteiger partial charge is 0.232 e. The van der Waals surface area contributed by atoms with Gasteiger partial charge in [-0.25, -0.2) is 13.1 Å². The molecule has 0 saturated carbocycles. The van der Waals surface area contributed by atoms with Crippen LogP contribution in [0.4, 0.5) is 5.69 Å². The van der Waals surface area contributed by atoms with E-state index in [1.165, 1.54) is 7.05 Å². The van der Waals surface area contributed by atoms with Crippen LogP contribution in [0.1, 0.15) is 5.56 Å². The molecule has 1 heterocycles. The van der Waals surface area contributed by atoms with E-state index >= 15 is 0 Å². The first-order chi connectivity index (χ1) is 6.63. The summed E-state index contributed by atoms with van der Waals surface area (Å²) in [6.45, 7) is 0. The number of hydrogen-bond acceptors (Lipinski definition) is 3. The van der Waals surface area contributed by atoms with Crippen molar-refractivity contribution in [2.45, 2.75) is 11.8 Å². The molecule has 0 aromatic heterocycles. The maximum absolute atomic E-state index is 11.5. The zero-order chi connectivity index (χ0) is 10.2. The molecule has 0 saturated heterocycles. The fourth-order valence-corrected chi connectivity index (χ4v) is 2.56. The second-order valence-corrected chi connectivity index (χ2v) is 5.31. The van der Waals surface area contributed by atoms with Gasteiger partial charge in [-0.05, 0) is 18.7 Å². The van der Waals surface area contributed by atoms with Gasteiger partial charge in [0.25, 0.3) is 0 Å². The van der Waals surface area contributed by atoms with E-state index in [1.807, 2.05) is 24.3 Å². The summed E-state index contributed by atoms with van der Waals surface area (Å²) in [7, 11) is -1.80. The third-order valence-corrected chi connectivity index (χ3v) is 4.00. The molecule has 0 amide bonds. The molecule has 1 aliphatic heterocycles. The van der Waals surface area contributed by atoms with Crippen LogP contribution in [-0.2, 0) is 16.4 Å². The maximum Gasteiger partial charge on any atom is 0.232 e. The van der Waals surface area contributed by atoms with Crippen molar-refractivity contribution in [1.29, 1.82) is 0 Å². The van der Waals surface area contributed by atoms with Crippen molar-refractivity contribution < 1.29 is 8.42 Å². The molecule has 4 nitrogen and oxygen atoms in total. The molecule has 1 unspecified atom stereocenters. The summed E-state index contributed by atoms with van der Waals surface area (Å²) in [5.74, 6) is 0. The number of anilines is 1. The van der Waals surface area contributed by atoms with Gasteiger partial charge in [0.15, 0.2) is 0 Å². The molecule has 1 atom stereocenters. The molecule has 2 rings (SSSR count). The topological polar surface area (TPSA) is 58.2 Å². The monoisotopic (exact) mass is 212 g/mol. The number of nitrogens with one attached hydrogen (secondary N) is 2. The Morgan fingerprint density at radius 3 is 2.79 bits per heavy atom. The molecule has 2 N–H and O–H groups in total. The van der Waals surface area contributed by atoms with E-state index in [4.69, 9.17) is 0 Å².